The molecule has 0 saturated carbocycles. The number of halogens is 1. The summed E-state index contributed by atoms with van der Waals surface area (Å²) in [6, 6.07) is 13.9. The van der Waals surface area contributed by atoms with Crippen LogP contribution in [-0.2, 0) is 0 Å². The van der Waals surface area contributed by atoms with Crippen LogP contribution in [0.1, 0.15) is 18.2 Å². The molecule has 22 heavy (non-hydrogen) atoms. The lowest BCUT2D eigenvalue weighted by Crippen LogP contribution is -1.98. The number of aromatic hydroxyl groups is 1. The van der Waals surface area contributed by atoms with Crippen molar-refractivity contribution in [2.75, 3.05) is 0 Å². The Kier molecular flexibility index (Phi) is 3.40. The molecule has 0 atom stereocenters. The zero-order valence-electron chi connectivity index (χ0n) is 11.9. The number of fused-ring (bicyclic) bond motifs is 1. The van der Waals surface area contributed by atoms with E-state index in [1.807, 2.05) is 47.9 Å². The van der Waals surface area contributed by atoms with Crippen LogP contribution in [0.15, 0.2) is 48.5 Å². The standard InChI is InChI=1S/C18H13FN2O/c1-2-5-16-14(11-20)13-6-3-4-7-17(13)21(16)12-8-9-18(22)15(19)10-12/h2-10,22H,1H3/b5-2-. The van der Waals surface area contributed by atoms with Crippen LogP contribution in [0.25, 0.3) is 22.7 Å². The summed E-state index contributed by atoms with van der Waals surface area (Å²) in [5.74, 6) is -1.09. The summed E-state index contributed by atoms with van der Waals surface area (Å²) in [7, 11) is 0. The third-order valence-corrected chi connectivity index (χ3v) is 3.54. The Labute approximate surface area is 127 Å². The number of phenols is 1. The van der Waals surface area contributed by atoms with Crippen molar-refractivity contribution < 1.29 is 9.50 Å². The van der Waals surface area contributed by atoms with Crippen molar-refractivity contribution in [1.29, 1.82) is 5.26 Å². The van der Waals surface area contributed by atoms with Crippen molar-refractivity contribution in [3.05, 3.63) is 65.6 Å². The maximum absolute atomic E-state index is 13.7. The fourth-order valence-electron chi connectivity index (χ4n) is 2.61. The molecular formula is C18H13FN2O. The van der Waals surface area contributed by atoms with Crippen LogP contribution in [0.4, 0.5) is 4.39 Å². The molecule has 0 radical (unpaired) electrons. The SMILES string of the molecule is C/C=C\c1c(C#N)c2ccccc2n1-c1ccc(O)c(F)c1. The van der Waals surface area contributed by atoms with Crippen LogP contribution in [0.3, 0.4) is 0 Å². The molecule has 0 unspecified atom stereocenters. The molecule has 1 heterocycles. The van der Waals surface area contributed by atoms with Gasteiger partial charge < -0.3 is 9.67 Å². The molecule has 0 aliphatic rings. The second-order valence-electron chi connectivity index (χ2n) is 4.86. The Bertz CT molecular complexity index is 932. The van der Waals surface area contributed by atoms with Crippen LogP contribution < -0.4 is 0 Å². The van der Waals surface area contributed by atoms with Gasteiger partial charge >= 0.3 is 0 Å². The molecule has 3 nitrogen and oxygen atoms in total. The van der Waals surface area contributed by atoms with Gasteiger partial charge in [-0.2, -0.15) is 5.26 Å². The van der Waals surface area contributed by atoms with E-state index in [2.05, 4.69) is 6.07 Å². The first-order valence-corrected chi connectivity index (χ1v) is 6.82. The highest BCUT2D eigenvalue weighted by molar-refractivity contribution is 5.92. The molecule has 0 aliphatic heterocycles. The van der Waals surface area contributed by atoms with E-state index in [9.17, 15) is 14.8 Å². The van der Waals surface area contributed by atoms with Crippen molar-refractivity contribution in [2.45, 2.75) is 6.92 Å². The molecule has 0 aliphatic carbocycles. The summed E-state index contributed by atoms with van der Waals surface area (Å²) in [5, 5.41) is 19.7. The van der Waals surface area contributed by atoms with Crippen LogP contribution in [0, 0.1) is 17.1 Å². The number of aromatic nitrogens is 1. The molecule has 0 bridgehead atoms. The van der Waals surface area contributed by atoms with Gasteiger partial charge in [-0.3, -0.25) is 0 Å². The van der Waals surface area contributed by atoms with Crippen LogP contribution in [0.2, 0.25) is 0 Å². The van der Waals surface area contributed by atoms with Gasteiger partial charge in [0, 0.05) is 17.1 Å². The number of nitrogens with zero attached hydrogens (tertiary/aromatic N) is 2. The Morgan fingerprint density at radius 3 is 2.68 bits per heavy atom. The second-order valence-corrected chi connectivity index (χ2v) is 4.86. The largest absolute Gasteiger partial charge is 0.505 e. The third-order valence-electron chi connectivity index (χ3n) is 3.54. The van der Waals surface area contributed by atoms with Crippen molar-refractivity contribution in [1.82, 2.24) is 4.57 Å². The molecule has 1 N–H and O–H groups in total. The van der Waals surface area contributed by atoms with Gasteiger partial charge in [-0.25, -0.2) is 4.39 Å². The minimum atomic E-state index is -0.694. The molecule has 0 spiro atoms. The van der Waals surface area contributed by atoms with Crippen molar-refractivity contribution >= 4 is 17.0 Å². The lowest BCUT2D eigenvalue weighted by molar-refractivity contribution is 0.432. The normalized spacial score (nSPS) is 11.1. The zero-order chi connectivity index (χ0) is 15.7. The molecule has 108 valence electrons. The molecule has 0 saturated heterocycles. The van der Waals surface area contributed by atoms with E-state index in [4.69, 9.17) is 0 Å². The highest BCUT2D eigenvalue weighted by atomic mass is 19.1. The lowest BCUT2D eigenvalue weighted by Gasteiger charge is -2.09. The zero-order valence-corrected chi connectivity index (χ0v) is 11.9. The first kappa shape index (κ1) is 13.9. The average molecular weight is 292 g/mol. The first-order valence-electron chi connectivity index (χ1n) is 6.82. The van der Waals surface area contributed by atoms with E-state index < -0.39 is 11.6 Å². The molecule has 0 fully saturated rings. The number of para-hydroxylation sites is 1. The monoisotopic (exact) mass is 292 g/mol. The fraction of sp³-hybridized carbons (Fsp3) is 0.0556. The van der Waals surface area contributed by atoms with Gasteiger partial charge in [0.25, 0.3) is 0 Å². The molecule has 4 heteroatoms. The third kappa shape index (κ3) is 2.04. The average Bonchev–Trinajstić information content (AvgIpc) is 2.84. The fourth-order valence-corrected chi connectivity index (χ4v) is 2.61. The number of hydrogen-bond donors (Lipinski definition) is 1. The minimum absolute atomic E-state index is 0.395. The predicted octanol–water partition coefficient (Wildman–Crippen LogP) is 4.38. The van der Waals surface area contributed by atoms with E-state index >= 15 is 0 Å². The first-order chi connectivity index (χ1) is 10.7. The lowest BCUT2D eigenvalue weighted by atomic mass is 10.1. The summed E-state index contributed by atoms with van der Waals surface area (Å²) in [5.41, 5.74) is 2.61. The minimum Gasteiger partial charge on any atom is -0.505 e. The molecule has 1 aromatic heterocycles. The maximum atomic E-state index is 13.7. The highest BCUT2D eigenvalue weighted by Gasteiger charge is 2.16. The number of benzene rings is 2. The summed E-state index contributed by atoms with van der Waals surface area (Å²) in [6.07, 6.45) is 3.66. The predicted molar refractivity (Wildman–Crippen MR) is 84.3 cm³/mol. The van der Waals surface area contributed by atoms with Gasteiger partial charge in [-0.15, -0.1) is 0 Å². The molecule has 3 aromatic rings. The summed E-state index contributed by atoms with van der Waals surface area (Å²) >= 11 is 0. The molecule has 0 amide bonds. The summed E-state index contributed by atoms with van der Waals surface area (Å²) in [4.78, 5) is 0. The Balaban J connectivity index is 2.44. The van der Waals surface area contributed by atoms with E-state index in [0.717, 1.165) is 10.9 Å². The van der Waals surface area contributed by atoms with Crippen molar-refractivity contribution in [3.8, 4) is 17.5 Å². The number of nitriles is 1. The number of allylic oxidation sites excluding steroid dienone is 1. The van der Waals surface area contributed by atoms with E-state index in [0.29, 0.717) is 16.9 Å². The quantitative estimate of drug-likeness (QED) is 0.762. The van der Waals surface area contributed by atoms with Crippen LogP contribution >= 0.6 is 0 Å². The Hall–Kier alpha value is -3.06. The smallest absolute Gasteiger partial charge is 0.166 e. The van der Waals surface area contributed by atoms with E-state index in [-0.39, 0.29) is 0 Å². The van der Waals surface area contributed by atoms with Crippen molar-refractivity contribution in [3.63, 3.8) is 0 Å². The number of rotatable bonds is 2. The van der Waals surface area contributed by atoms with Gasteiger partial charge in [-0.05, 0) is 31.2 Å². The molecule has 2 aromatic carbocycles. The van der Waals surface area contributed by atoms with Crippen LogP contribution in [-0.4, -0.2) is 9.67 Å². The second kappa shape index (κ2) is 5.38. The van der Waals surface area contributed by atoms with Gasteiger partial charge in [0.1, 0.15) is 6.07 Å². The van der Waals surface area contributed by atoms with E-state index in [1.165, 1.54) is 12.1 Å². The van der Waals surface area contributed by atoms with Crippen molar-refractivity contribution in [2.24, 2.45) is 0 Å². The van der Waals surface area contributed by atoms with E-state index in [1.54, 1.807) is 6.07 Å². The highest BCUT2D eigenvalue weighted by Crippen LogP contribution is 2.31. The number of hydrogen-bond acceptors (Lipinski definition) is 2. The Morgan fingerprint density at radius 1 is 1.23 bits per heavy atom. The van der Waals surface area contributed by atoms with Gasteiger partial charge in [0.15, 0.2) is 11.6 Å². The van der Waals surface area contributed by atoms with Gasteiger partial charge in [-0.1, -0.05) is 24.3 Å². The molecule has 3 rings (SSSR count). The number of phenolic OH excluding ortho intramolecular Hbond substituents is 1. The molecular weight excluding hydrogens is 279 g/mol. The maximum Gasteiger partial charge on any atom is 0.166 e. The Morgan fingerprint density at radius 2 is 2.00 bits per heavy atom. The summed E-state index contributed by atoms with van der Waals surface area (Å²) in [6.45, 7) is 1.86. The van der Waals surface area contributed by atoms with Gasteiger partial charge in [0.2, 0.25) is 0 Å². The summed E-state index contributed by atoms with van der Waals surface area (Å²) < 4.78 is 15.5. The van der Waals surface area contributed by atoms with Gasteiger partial charge in [0.05, 0.1) is 16.8 Å². The topological polar surface area (TPSA) is 49.0 Å². The van der Waals surface area contributed by atoms with Crippen LogP contribution in [0.5, 0.6) is 5.75 Å².